The molecule has 0 aliphatic heterocycles. The zero-order chi connectivity index (χ0) is 17.8. The Labute approximate surface area is 135 Å². The quantitative estimate of drug-likeness (QED) is 0.753. The van der Waals surface area contributed by atoms with Gasteiger partial charge in [-0.25, -0.2) is 17.5 Å². The van der Waals surface area contributed by atoms with Crippen molar-refractivity contribution in [2.75, 3.05) is 20.2 Å². The van der Waals surface area contributed by atoms with Crippen molar-refractivity contribution in [2.24, 2.45) is 5.92 Å². The summed E-state index contributed by atoms with van der Waals surface area (Å²) in [5.74, 6) is -2.52. The van der Waals surface area contributed by atoms with Crippen LogP contribution in [0, 0.1) is 12.8 Å². The first-order valence-corrected chi connectivity index (χ1v) is 8.52. The predicted molar refractivity (Wildman–Crippen MR) is 83.8 cm³/mol. The van der Waals surface area contributed by atoms with Crippen LogP contribution in [0.3, 0.4) is 0 Å². The first-order valence-electron chi connectivity index (χ1n) is 7.08. The van der Waals surface area contributed by atoms with Crippen molar-refractivity contribution in [1.82, 2.24) is 4.31 Å². The number of esters is 1. The molecule has 23 heavy (non-hydrogen) atoms. The molecule has 0 heterocycles. The summed E-state index contributed by atoms with van der Waals surface area (Å²) in [6.07, 6.45) is 0. The second kappa shape index (κ2) is 7.56. The number of benzene rings is 1. The van der Waals surface area contributed by atoms with E-state index in [4.69, 9.17) is 9.84 Å². The maximum absolute atomic E-state index is 12.5. The van der Waals surface area contributed by atoms with Crippen molar-refractivity contribution in [3.05, 3.63) is 29.3 Å². The first-order chi connectivity index (χ1) is 10.6. The third-order valence-electron chi connectivity index (χ3n) is 3.37. The zero-order valence-corrected chi connectivity index (χ0v) is 14.4. The number of carboxylic acid groups (broad SMARTS) is 1. The minimum Gasteiger partial charge on any atom is -0.481 e. The van der Waals surface area contributed by atoms with E-state index in [0.29, 0.717) is 5.56 Å². The van der Waals surface area contributed by atoms with Crippen LogP contribution < -0.4 is 0 Å². The third-order valence-corrected chi connectivity index (χ3v) is 5.18. The molecular formula is C15H21NO6S. The first kappa shape index (κ1) is 19.1. The van der Waals surface area contributed by atoms with Crippen LogP contribution in [0.4, 0.5) is 0 Å². The van der Waals surface area contributed by atoms with Crippen molar-refractivity contribution >= 4 is 22.0 Å². The normalized spacial score (nSPS) is 12.9. The van der Waals surface area contributed by atoms with Gasteiger partial charge >= 0.3 is 11.9 Å². The Balaban J connectivity index is 3.16. The van der Waals surface area contributed by atoms with Crippen LogP contribution in [0.2, 0.25) is 0 Å². The molecule has 1 atom stereocenters. The average Bonchev–Trinajstić information content (AvgIpc) is 2.47. The topological polar surface area (TPSA) is 101 Å². The molecule has 0 saturated carbocycles. The number of rotatable bonds is 7. The van der Waals surface area contributed by atoms with Crippen LogP contribution in [-0.2, 0) is 19.6 Å². The van der Waals surface area contributed by atoms with E-state index in [1.165, 1.54) is 32.2 Å². The standard InChI is InChI=1S/C15H21NO6S/c1-5-22-15(19)13-8-12(7-6-10(13)2)23(20,21)16(4)9-11(3)14(17)18/h6-8,11H,5,9H2,1-4H3,(H,17,18). The van der Waals surface area contributed by atoms with E-state index in [-0.39, 0.29) is 23.6 Å². The Morgan fingerprint density at radius 1 is 1.35 bits per heavy atom. The highest BCUT2D eigenvalue weighted by molar-refractivity contribution is 7.89. The number of ether oxygens (including phenoxy) is 1. The molecule has 0 aromatic heterocycles. The van der Waals surface area contributed by atoms with E-state index in [1.54, 1.807) is 13.8 Å². The van der Waals surface area contributed by atoms with Gasteiger partial charge in [-0.2, -0.15) is 0 Å². The fourth-order valence-corrected chi connectivity index (χ4v) is 3.22. The summed E-state index contributed by atoms with van der Waals surface area (Å²) < 4.78 is 30.9. The number of hydrogen-bond donors (Lipinski definition) is 1. The molecular weight excluding hydrogens is 322 g/mol. The van der Waals surface area contributed by atoms with E-state index in [1.807, 2.05) is 0 Å². The lowest BCUT2D eigenvalue weighted by Gasteiger charge is -2.20. The Kier molecular flexibility index (Phi) is 6.28. The fourth-order valence-electron chi connectivity index (χ4n) is 1.93. The van der Waals surface area contributed by atoms with E-state index in [0.717, 1.165) is 4.31 Å². The maximum Gasteiger partial charge on any atom is 0.338 e. The molecule has 1 rings (SSSR count). The molecule has 7 nitrogen and oxygen atoms in total. The van der Waals surface area contributed by atoms with Crippen molar-refractivity contribution in [1.29, 1.82) is 0 Å². The van der Waals surface area contributed by atoms with Crippen molar-refractivity contribution in [3.8, 4) is 0 Å². The van der Waals surface area contributed by atoms with Gasteiger partial charge in [-0.3, -0.25) is 4.79 Å². The van der Waals surface area contributed by atoms with Crippen LogP contribution in [0.5, 0.6) is 0 Å². The van der Waals surface area contributed by atoms with E-state index in [2.05, 4.69) is 0 Å². The van der Waals surface area contributed by atoms with Gasteiger partial charge in [0.25, 0.3) is 0 Å². The molecule has 0 aliphatic carbocycles. The predicted octanol–water partition coefficient (Wildman–Crippen LogP) is 1.51. The molecule has 1 aromatic carbocycles. The molecule has 0 radical (unpaired) electrons. The molecule has 1 unspecified atom stereocenters. The highest BCUT2D eigenvalue weighted by Gasteiger charge is 2.26. The highest BCUT2D eigenvalue weighted by Crippen LogP contribution is 2.20. The monoisotopic (exact) mass is 343 g/mol. The summed E-state index contributed by atoms with van der Waals surface area (Å²) >= 11 is 0. The van der Waals surface area contributed by atoms with Crippen LogP contribution in [0.1, 0.15) is 29.8 Å². The van der Waals surface area contributed by atoms with Gasteiger partial charge in [0.2, 0.25) is 10.0 Å². The zero-order valence-electron chi connectivity index (χ0n) is 13.6. The van der Waals surface area contributed by atoms with Gasteiger partial charge in [-0.15, -0.1) is 0 Å². The Morgan fingerprint density at radius 3 is 2.48 bits per heavy atom. The number of aliphatic carboxylic acids is 1. The minimum absolute atomic E-state index is 0.0776. The number of carbonyl (C=O) groups is 2. The molecule has 0 aliphatic rings. The largest absolute Gasteiger partial charge is 0.481 e. The van der Waals surface area contributed by atoms with E-state index < -0.39 is 27.9 Å². The number of hydrogen-bond acceptors (Lipinski definition) is 5. The van der Waals surface area contributed by atoms with E-state index in [9.17, 15) is 18.0 Å². The summed E-state index contributed by atoms with van der Waals surface area (Å²) in [5.41, 5.74) is 0.775. The summed E-state index contributed by atoms with van der Waals surface area (Å²) in [5, 5.41) is 8.90. The van der Waals surface area contributed by atoms with Gasteiger partial charge in [0.15, 0.2) is 0 Å². The van der Waals surface area contributed by atoms with Crippen LogP contribution in [0.25, 0.3) is 0 Å². The molecule has 1 N–H and O–H groups in total. The summed E-state index contributed by atoms with van der Waals surface area (Å²) in [7, 11) is -2.59. The van der Waals surface area contributed by atoms with Gasteiger partial charge in [-0.05, 0) is 31.5 Å². The third kappa shape index (κ3) is 4.52. The van der Waals surface area contributed by atoms with Crippen LogP contribution in [-0.4, -0.2) is 50.0 Å². The lowest BCUT2D eigenvalue weighted by atomic mass is 10.1. The molecule has 0 bridgehead atoms. The second-order valence-electron chi connectivity index (χ2n) is 5.22. The molecule has 0 saturated heterocycles. The Hall–Kier alpha value is -1.93. The Bertz CT molecular complexity index is 698. The van der Waals surface area contributed by atoms with Gasteiger partial charge in [0.1, 0.15) is 0 Å². The molecule has 0 fully saturated rings. The smallest absolute Gasteiger partial charge is 0.338 e. The number of aryl methyl sites for hydroxylation is 1. The number of carbonyl (C=O) groups excluding carboxylic acids is 1. The average molecular weight is 343 g/mol. The molecule has 128 valence electrons. The lowest BCUT2D eigenvalue weighted by molar-refractivity contribution is -0.141. The van der Waals surface area contributed by atoms with Crippen LogP contribution >= 0.6 is 0 Å². The van der Waals surface area contributed by atoms with Crippen molar-refractivity contribution in [3.63, 3.8) is 0 Å². The SMILES string of the molecule is CCOC(=O)c1cc(S(=O)(=O)N(C)CC(C)C(=O)O)ccc1C. The lowest BCUT2D eigenvalue weighted by Crippen LogP contribution is -2.33. The number of carboxylic acids is 1. The highest BCUT2D eigenvalue weighted by atomic mass is 32.2. The van der Waals surface area contributed by atoms with E-state index >= 15 is 0 Å². The summed E-state index contributed by atoms with van der Waals surface area (Å²) in [4.78, 5) is 22.7. The molecule has 1 aromatic rings. The van der Waals surface area contributed by atoms with Crippen molar-refractivity contribution in [2.45, 2.75) is 25.7 Å². The summed E-state index contributed by atoms with van der Waals surface area (Å²) in [6.45, 7) is 4.78. The maximum atomic E-state index is 12.5. The molecule has 0 spiro atoms. The fraction of sp³-hybridized carbons (Fsp3) is 0.467. The van der Waals surface area contributed by atoms with Gasteiger partial charge in [0, 0.05) is 13.6 Å². The van der Waals surface area contributed by atoms with Gasteiger partial charge < -0.3 is 9.84 Å². The van der Waals surface area contributed by atoms with Crippen molar-refractivity contribution < 1.29 is 27.9 Å². The van der Waals surface area contributed by atoms with Gasteiger partial charge in [0.05, 0.1) is 23.0 Å². The van der Waals surface area contributed by atoms with Gasteiger partial charge in [-0.1, -0.05) is 13.0 Å². The van der Waals surface area contributed by atoms with Crippen LogP contribution in [0.15, 0.2) is 23.1 Å². The second-order valence-corrected chi connectivity index (χ2v) is 7.27. The molecule has 0 amide bonds. The number of sulfonamides is 1. The summed E-state index contributed by atoms with van der Waals surface area (Å²) in [6, 6.07) is 4.16. The number of nitrogens with zero attached hydrogens (tertiary/aromatic N) is 1. The molecule has 8 heteroatoms. The minimum atomic E-state index is -3.89. The Morgan fingerprint density at radius 2 is 1.96 bits per heavy atom.